The minimum atomic E-state index is -0.0846. The van der Waals surface area contributed by atoms with E-state index in [9.17, 15) is 9.59 Å². The summed E-state index contributed by atoms with van der Waals surface area (Å²) in [4.78, 5) is 26.0. The topological polar surface area (TPSA) is 71.9 Å². The molecule has 0 radical (unpaired) electrons. The van der Waals surface area contributed by atoms with Crippen molar-refractivity contribution < 1.29 is 19.2 Å². The van der Waals surface area contributed by atoms with E-state index in [4.69, 9.17) is 4.74 Å². The number of carbonyl (C=O) groups excluding carboxylic acids is 2. The molecule has 2 amide bonds. The summed E-state index contributed by atoms with van der Waals surface area (Å²) in [6, 6.07) is 6.13. The van der Waals surface area contributed by atoms with Crippen molar-refractivity contribution in [2.75, 3.05) is 38.7 Å². The summed E-state index contributed by atoms with van der Waals surface area (Å²) in [5.74, 6) is 0.454. The van der Waals surface area contributed by atoms with E-state index in [1.54, 1.807) is 7.11 Å². The van der Waals surface area contributed by atoms with Gasteiger partial charge in [-0.3, -0.25) is 9.59 Å². The summed E-state index contributed by atoms with van der Waals surface area (Å²) < 4.78 is 5.17. The number of aryl methyl sites for hydroxylation is 1. The van der Waals surface area contributed by atoms with Crippen molar-refractivity contribution in [3.63, 3.8) is 0 Å². The van der Waals surface area contributed by atoms with E-state index in [2.05, 4.69) is 17.6 Å². The number of quaternary nitrogens is 1. The lowest BCUT2D eigenvalue weighted by Gasteiger charge is -2.30. The highest BCUT2D eigenvalue weighted by Crippen LogP contribution is 2.23. The van der Waals surface area contributed by atoms with E-state index >= 15 is 0 Å². The van der Waals surface area contributed by atoms with Crippen molar-refractivity contribution in [2.45, 2.75) is 52.5 Å². The first-order chi connectivity index (χ1) is 13.4. The van der Waals surface area contributed by atoms with E-state index in [1.807, 2.05) is 32.0 Å². The molecular formula is C22H36N3O3+. The Kier molecular flexibility index (Phi) is 8.93. The SMILES string of the molecule is COCC[NH+](CC(=O)Nc1cccc(C)c1C)CC(=O)N[C@H]1CCCC[C@@H]1C. The van der Waals surface area contributed by atoms with Crippen molar-refractivity contribution in [3.05, 3.63) is 29.3 Å². The van der Waals surface area contributed by atoms with Gasteiger partial charge in [-0.2, -0.15) is 0 Å². The third-order valence-electron chi connectivity index (χ3n) is 5.82. The zero-order valence-electron chi connectivity index (χ0n) is 17.8. The van der Waals surface area contributed by atoms with Crippen LogP contribution in [0.25, 0.3) is 0 Å². The fraction of sp³-hybridized carbons (Fsp3) is 0.636. The molecule has 6 nitrogen and oxygen atoms in total. The number of methoxy groups -OCH3 is 1. The van der Waals surface area contributed by atoms with E-state index in [-0.39, 0.29) is 30.9 Å². The fourth-order valence-corrected chi connectivity index (χ4v) is 3.81. The van der Waals surface area contributed by atoms with E-state index < -0.39 is 0 Å². The lowest BCUT2D eigenvalue weighted by molar-refractivity contribution is -0.884. The molecular weight excluding hydrogens is 354 g/mol. The third kappa shape index (κ3) is 6.91. The van der Waals surface area contributed by atoms with Crippen molar-refractivity contribution in [1.82, 2.24) is 5.32 Å². The molecule has 0 saturated heterocycles. The monoisotopic (exact) mass is 390 g/mol. The summed E-state index contributed by atoms with van der Waals surface area (Å²) in [6.45, 7) is 7.88. The number of rotatable bonds is 9. The van der Waals surface area contributed by atoms with E-state index in [1.165, 1.54) is 19.3 Å². The Morgan fingerprint density at radius 3 is 2.57 bits per heavy atom. The molecule has 3 N–H and O–H groups in total. The Labute approximate surface area is 169 Å². The van der Waals surface area contributed by atoms with Gasteiger partial charge in [0.05, 0.1) is 6.61 Å². The number of benzene rings is 1. The summed E-state index contributed by atoms with van der Waals surface area (Å²) in [7, 11) is 1.64. The second-order valence-corrected chi connectivity index (χ2v) is 8.08. The Morgan fingerprint density at radius 2 is 1.86 bits per heavy atom. The highest BCUT2D eigenvalue weighted by atomic mass is 16.5. The number of hydrogen-bond donors (Lipinski definition) is 3. The number of ether oxygens (including phenoxy) is 1. The van der Waals surface area contributed by atoms with Crippen molar-refractivity contribution in [3.8, 4) is 0 Å². The molecule has 28 heavy (non-hydrogen) atoms. The molecule has 1 aromatic rings. The molecule has 3 atom stereocenters. The van der Waals surface area contributed by atoms with Crippen LogP contribution >= 0.6 is 0 Å². The Bertz CT molecular complexity index is 662. The van der Waals surface area contributed by atoms with E-state index in [0.29, 0.717) is 19.1 Å². The largest absolute Gasteiger partial charge is 0.379 e. The predicted molar refractivity (Wildman–Crippen MR) is 112 cm³/mol. The maximum Gasteiger partial charge on any atom is 0.279 e. The lowest BCUT2D eigenvalue weighted by atomic mass is 9.86. The Morgan fingerprint density at radius 1 is 1.14 bits per heavy atom. The van der Waals surface area contributed by atoms with Gasteiger partial charge in [0, 0.05) is 18.8 Å². The highest BCUT2D eigenvalue weighted by molar-refractivity contribution is 5.92. The molecule has 0 spiro atoms. The summed E-state index contributed by atoms with van der Waals surface area (Å²) in [5.41, 5.74) is 3.04. The summed E-state index contributed by atoms with van der Waals surface area (Å²) in [6.07, 6.45) is 4.64. The van der Waals surface area contributed by atoms with Crippen LogP contribution in [0.4, 0.5) is 5.69 Å². The van der Waals surface area contributed by atoms with Crippen LogP contribution in [0.3, 0.4) is 0 Å². The van der Waals surface area contributed by atoms with Crippen LogP contribution in [0.2, 0.25) is 0 Å². The third-order valence-corrected chi connectivity index (χ3v) is 5.82. The second-order valence-electron chi connectivity index (χ2n) is 8.08. The zero-order chi connectivity index (χ0) is 20.5. The van der Waals surface area contributed by atoms with Crippen LogP contribution in [0.5, 0.6) is 0 Å². The maximum absolute atomic E-state index is 12.6. The van der Waals surface area contributed by atoms with Crippen LogP contribution in [-0.4, -0.2) is 51.2 Å². The summed E-state index contributed by atoms with van der Waals surface area (Å²) in [5, 5.41) is 6.17. The van der Waals surface area contributed by atoms with E-state index in [0.717, 1.165) is 28.1 Å². The number of amides is 2. The lowest BCUT2D eigenvalue weighted by Crippen LogP contribution is -3.14. The first-order valence-electron chi connectivity index (χ1n) is 10.4. The Hall–Kier alpha value is -1.92. The van der Waals surface area contributed by atoms with Crippen LogP contribution < -0.4 is 15.5 Å². The van der Waals surface area contributed by atoms with Gasteiger partial charge < -0.3 is 20.3 Å². The zero-order valence-corrected chi connectivity index (χ0v) is 17.8. The van der Waals surface area contributed by atoms with Crippen LogP contribution in [0.15, 0.2) is 18.2 Å². The van der Waals surface area contributed by atoms with Gasteiger partial charge in [0.2, 0.25) is 0 Å². The van der Waals surface area contributed by atoms with Gasteiger partial charge in [0.1, 0.15) is 6.54 Å². The highest BCUT2D eigenvalue weighted by Gasteiger charge is 2.25. The smallest absolute Gasteiger partial charge is 0.279 e. The Balaban J connectivity index is 1.91. The molecule has 1 unspecified atom stereocenters. The molecule has 0 aliphatic heterocycles. The van der Waals surface area contributed by atoms with Crippen molar-refractivity contribution in [1.29, 1.82) is 0 Å². The second kappa shape index (κ2) is 11.2. The fourth-order valence-electron chi connectivity index (χ4n) is 3.81. The predicted octanol–water partition coefficient (Wildman–Crippen LogP) is 1.47. The maximum atomic E-state index is 12.6. The molecule has 6 heteroatoms. The van der Waals surface area contributed by atoms with Gasteiger partial charge in [-0.1, -0.05) is 31.9 Å². The van der Waals surface area contributed by atoms with Gasteiger partial charge in [0.15, 0.2) is 13.1 Å². The number of hydrogen-bond acceptors (Lipinski definition) is 3. The average molecular weight is 391 g/mol. The molecule has 0 heterocycles. The first-order valence-corrected chi connectivity index (χ1v) is 10.4. The molecule has 0 bridgehead atoms. The molecule has 1 aliphatic carbocycles. The standard InChI is InChI=1S/C22H35N3O3/c1-16-9-7-11-20(18(16)3)24-22(27)15-25(12-13-28-4)14-21(26)23-19-10-6-5-8-17(19)2/h7,9,11,17,19H,5-6,8,10,12-15H2,1-4H3,(H,23,26)(H,24,27)/p+1/t17-,19-/m0/s1. The van der Waals surface area contributed by atoms with Gasteiger partial charge in [-0.25, -0.2) is 0 Å². The molecule has 2 rings (SSSR count). The van der Waals surface area contributed by atoms with Crippen LogP contribution in [-0.2, 0) is 14.3 Å². The van der Waals surface area contributed by atoms with Crippen molar-refractivity contribution in [2.24, 2.45) is 5.92 Å². The normalized spacial score (nSPS) is 20.4. The number of carbonyl (C=O) groups is 2. The number of nitrogens with one attached hydrogen (secondary N) is 3. The van der Waals surface area contributed by atoms with Gasteiger partial charge in [0.25, 0.3) is 11.8 Å². The first kappa shape index (κ1) is 22.4. The minimum Gasteiger partial charge on any atom is -0.379 e. The van der Waals surface area contributed by atoms with Crippen molar-refractivity contribution >= 4 is 17.5 Å². The summed E-state index contributed by atoms with van der Waals surface area (Å²) >= 11 is 0. The minimum absolute atomic E-state index is 0.0180. The molecule has 1 aliphatic rings. The van der Waals surface area contributed by atoms with Crippen LogP contribution in [0, 0.1) is 19.8 Å². The number of anilines is 1. The van der Waals surface area contributed by atoms with Gasteiger partial charge in [-0.05, 0) is 49.8 Å². The molecule has 1 saturated carbocycles. The molecule has 1 aromatic carbocycles. The molecule has 0 aromatic heterocycles. The van der Waals surface area contributed by atoms with Gasteiger partial charge in [-0.15, -0.1) is 0 Å². The molecule has 1 fully saturated rings. The van der Waals surface area contributed by atoms with Gasteiger partial charge >= 0.3 is 0 Å². The average Bonchev–Trinajstić information content (AvgIpc) is 2.65. The molecule has 156 valence electrons. The quantitative estimate of drug-likeness (QED) is 0.598. The van der Waals surface area contributed by atoms with Crippen LogP contribution in [0.1, 0.15) is 43.7 Å².